The maximum atomic E-state index is 12.9. The average molecular weight is 413 g/mol. The molecule has 0 unspecified atom stereocenters. The van der Waals surface area contributed by atoms with Crippen molar-refractivity contribution in [1.29, 1.82) is 0 Å². The van der Waals surface area contributed by atoms with E-state index in [0.717, 1.165) is 36.7 Å². The predicted molar refractivity (Wildman–Crippen MR) is 107 cm³/mol. The number of hydrogen-bond acceptors (Lipinski definition) is 8. The van der Waals surface area contributed by atoms with Gasteiger partial charge >= 0.3 is 0 Å². The first kappa shape index (κ1) is 19.4. The molecule has 2 aromatic heterocycles. The Labute approximate surface area is 175 Å². The van der Waals surface area contributed by atoms with Crippen molar-refractivity contribution in [3.63, 3.8) is 0 Å². The van der Waals surface area contributed by atoms with Crippen LogP contribution in [-0.2, 0) is 21.5 Å². The number of amides is 1. The average Bonchev–Trinajstić information content (AvgIpc) is 3.34. The lowest BCUT2D eigenvalue weighted by Crippen LogP contribution is -2.47. The molecule has 5 heterocycles. The van der Waals surface area contributed by atoms with Gasteiger partial charge in [0, 0.05) is 44.0 Å². The number of aryl methyl sites for hydroxylation is 1. The number of fused-ring (bicyclic) bond motifs is 2. The molecule has 0 bridgehead atoms. The molecule has 5 rings (SSSR count). The zero-order chi connectivity index (χ0) is 20.9. The van der Waals surface area contributed by atoms with Crippen molar-refractivity contribution in [2.75, 3.05) is 37.7 Å². The molecule has 0 aliphatic carbocycles. The molecule has 9 nitrogen and oxygen atoms in total. The summed E-state index contributed by atoms with van der Waals surface area (Å²) in [4.78, 5) is 26.6. The van der Waals surface area contributed by atoms with Crippen LogP contribution in [0.2, 0.25) is 0 Å². The normalized spacial score (nSPS) is 28.8. The van der Waals surface area contributed by atoms with Crippen molar-refractivity contribution in [2.24, 2.45) is 0 Å². The Balaban J connectivity index is 1.42. The van der Waals surface area contributed by atoms with E-state index in [1.54, 1.807) is 13.0 Å². The minimum atomic E-state index is -0.316. The van der Waals surface area contributed by atoms with Crippen LogP contribution in [0.1, 0.15) is 47.8 Å². The second kappa shape index (κ2) is 7.31. The van der Waals surface area contributed by atoms with Crippen LogP contribution in [0.25, 0.3) is 0 Å². The molecule has 2 aromatic rings. The summed E-state index contributed by atoms with van der Waals surface area (Å²) in [7, 11) is 0. The Bertz CT molecular complexity index is 953. The van der Waals surface area contributed by atoms with Gasteiger partial charge in [-0.2, -0.15) is 0 Å². The van der Waals surface area contributed by atoms with Crippen LogP contribution in [0.5, 0.6) is 0 Å². The summed E-state index contributed by atoms with van der Waals surface area (Å²) in [5.74, 6) is 1.25. The molecule has 0 aromatic carbocycles. The third kappa shape index (κ3) is 3.35. The molecule has 1 spiro atoms. The van der Waals surface area contributed by atoms with Gasteiger partial charge < -0.3 is 23.8 Å². The number of morpholine rings is 1. The Morgan fingerprint density at radius 1 is 1.27 bits per heavy atom. The molecular formula is C21H27N5O4. The van der Waals surface area contributed by atoms with Gasteiger partial charge in [-0.25, -0.2) is 9.97 Å². The number of aromatic nitrogens is 3. The van der Waals surface area contributed by atoms with Gasteiger partial charge in [-0.1, -0.05) is 5.16 Å². The van der Waals surface area contributed by atoms with Crippen molar-refractivity contribution >= 4 is 11.9 Å². The molecule has 3 aliphatic heterocycles. The first-order valence-electron chi connectivity index (χ1n) is 10.5. The van der Waals surface area contributed by atoms with Crippen molar-refractivity contribution in [2.45, 2.75) is 51.4 Å². The summed E-state index contributed by atoms with van der Waals surface area (Å²) < 4.78 is 16.8. The van der Waals surface area contributed by atoms with Gasteiger partial charge in [0.2, 0.25) is 5.95 Å². The largest absolute Gasteiger partial charge is 0.376 e. The van der Waals surface area contributed by atoms with E-state index in [-0.39, 0.29) is 23.5 Å². The highest BCUT2D eigenvalue weighted by Crippen LogP contribution is 2.40. The van der Waals surface area contributed by atoms with Crippen LogP contribution in [0.4, 0.5) is 5.95 Å². The highest BCUT2D eigenvalue weighted by Gasteiger charge is 2.47. The van der Waals surface area contributed by atoms with Crippen LogP contribution < -0.4 is 4.90 Å². The van der Waals surface area contributed by atoms with Gasteiger partial charge in [-0.3, -0.25) is 4.79 Å². The fourth-order valence-corrected chi connectivity index (χ4v) is 4.87. The van der Waals surface area contributed by atoms with Crippen molar-refractivity contribution in [3.05, 3.63) is 35.0 Å². The summed E-state index contributed by atoms with van der Waals surface area (Å²) in [6, 6.07) is 1.68. The summed E-state index contributed by atoms with van der Waals surface area (Å²) in [5, 5.41) is 3.89. The maximum Gasteiger partial charge on any atom is 0.276 e. The zero-order valence-corrected chi connectivity index (χ0v) is 17.6. The van der Waals surface area contributed by atoms with Crippen LogP contribution in [-0.4, -0.2) is 70.9 Å². The number of carbonyl (C=O) groups excluding carboxylic acids is 1. The first-order valence-corrected chi connectivity index (χ1v) is 10.5. The van der Waals surface area contributed by atoms with Crippen LogP contribution in [0.15, 0.2) is 16.8 Å². The minimum Gasteiger partial charge on any atom is -0.376 e. The standard InChI is InChI=1S/C21H27N5O4/c1-13-6-17(24-30-13)19(27)25-5-4-21(11-25)12-28-10-16-7-22-20(23-18(16)21)26-8-14(2)29-15(3)9-26/h6-7,14-15H,4-5,8-12H2,1-3H3/t14-,15+,21-/m1/s1. The Morgan fingerprint density at radius 2 is 2.07 bits per heavy atom. The van der Waals surface area contributed by atoms with Crippen LogP contribution in [0, 0.1) is 6.92 Å². The minimum absolute atomic E-state index is 0.110. The molecule has 160 valence electrons. The molecule has 1 amide bonds. The molecule has 0 N–H and O–H groups in total. The zero-order valence-electron chi connectivity index (χ0n) is 17.6. The molecule has 30 heavy (non-hydrogen) atoms. The highest BCUT2D eigenvalue weighted by molar-refractivity contribution is 5.92. The topological polar surface area (TPSA) is 93.8 Å². The summed E-state index contributed by atoms with van der Waals surface area (Å²) in [5.41, 5.74) is 2.05. The quantitative estimate of drug-likeness (QED) is 0.734. The molecule has 2 fully saturated rings. The first-order chi connectivity index (χ1) is 14.4. The van der Waals surface area contributed by atoms with Crippen molar-refractivity contribution < 1.29 is 18.8 Å². The lowest BCUT2D eigenvalue weighted by Gasteiger charge is -2.38. The number of hydrogen-bond donors (Lipinski definition) is 0. The third-order valence-corrected chi connectivity index (χ3v) is 6.18. The van der Waals surface area contributed by atoms with E-state index < -0.39 is 0 Å². The van der Waals surface area contributed by atoms with E-state index in [1.807, 2.05) is 11.1 Å². The monoisotopic (exact) mass is 413 g/mol. The van der Waals surface area contributed by atoms with Crippen LogP contribution >= 0.6 is 0 Å². The van der Waals surface area contributed by atoms with E-state index >= 15 is 0 Å². The van der Waals surface area contributed by atoms with Gasteiger partial charge in [-0.05, 0) is 27.2 Å². The van der Waals surface area contributed by atoms with Gasteiger partial charge in [0.1, 0.15) is 5.76 Å². The van der Waals surface area contributed by atoms with E-state index in [4.69, 9.17) is 19.0 Å². The van der Waals surface area contributed by atoms with Gasteiger partial charge in [0.05, 0.1) is 36.5 Å². The second-order valence-electron chi connectivity index (χ2n) is 8.78. The molecular weight excluding hydrogens is 386 g/mol. The van der Waals surface area contributed by atoms with E-state index in [1.165, 1.54) is 0 Å². The molecule has 3 atom stereocenters. The molecule has 2 saturated heterocycles. The number of carbonyl (C=O) groups is 1. The Hall–Kier alpha value is -2.52. The lowest BCUT2D eigenvalue weighted by atomic mass is 9.80. The van der Waals surface area contributed by atoms with Crippen molar-refractivity contribution in [3.8, 4) is 0 Å². The van der Waals surface area contributed by atoms with Crippen LogP contribution in [0.3, 0.4) is 0 Å². The number of ether oxygens (including phenoxy) is 2. The fraction of sp³-hybridized carbons (Fsp3) is 0.619. The summed E-state index contributed by atoms with van der Waals surface area (Å²) in [6.07, 6.45) is 2.96. The summed E-state index contributed by atoms with van der Waals surface area (Å²) in [6.45, 7) is 9.70. The van der Waals surface area contributed by atoms with Gasteiger partial charge in [-0.15, -0.1) is 0 Å². The smallest absolute Gasteiger partial charge is 0.276 e. The fourth-order valence-electron chi connectivity index (χ4n) is 4.87. The number of anilines is 1. The number of nitrogens with zero attached hydrogens (tertiary/aromatic N) is 5. The number of likely N-dealkylation sites (tertiary alicyclic amines) is 1. The van der Waals surface area contributed by atoms with Gasteiger partial charge in [0.15, 0.2) is 5.69 Å². The van der Waals surface area contributed by atoms with Gasteiger partial charge in [0.25, 0.3) is 5.91 Å². The molecule has 3 aliphatic rings. The Morgan fingerprint density at radius 3 is 2.80 bits per heavy atom. The SMILES string of the molecule is Cc1cc(C(=O)N2CC[C@]3(COCc4cnc(N5C[C@@H](C)O[C@@H](C)C5)nc43)C2)no1. The molecule has 0 radical (unpaired) electrons. The predicted octanol–water partition coefficient (Wildman–Crippen LogP) is 1.70. The molecule has 9 heteroatoms. The highest BCUT2D eigenvalue weighted by atomic mass is 16.5. The van der Waals surface area contributed by atoms with E-state index in [2.05, 4.69) is 28.9 Å². The third-order valence-electron chi connectivity index (χ3n) is 6.18. The maximum absolute atomic E-state index is 12.9. The van der Waals surface area contributed by atoms with E-state index in [9.17, 15) is 4.79 Å². The van der Waals surface area contributed by atoms with E-state index in [0.29, 0.717) is 37.8 Å². The lowest BCUT2D eigenvalue weighted by molar-refractivity contribution is -0.00584. The summed E-state index contributed by atoms with van der Waals surface area (Å²) >= 11 is 0. The number of rotatable bonds is 2. The second-order valence-corrected chi connectivity index (χ2v) is 8.78. The van der Waals surface area contributed by atoms with Crippen molar-refractivity contribution in [1.82, 2.24) is 20.0 Å². The Kier molecular flexibility index (Phi) is 4.74. The molecule has 0 saturated carbocycles.